The number of piperidine rings is 1. The first-order chi connectivity index (χ1) is 13.8. The molecule has 3 rings (SSSR count). The number of carbonyl (C=O) groups excluding carboxylic acids is 3. The van der Waals surface area contributed by atoms with Gasteiger partial charge in [0.2, 0.25) is 0 Å². The number of nitrogens with one attached hydrogen (secondary N) is 1. The Kier molecular flexibility index (Phi) is 6.64. The second-order valence-electron chi connectivity index (χ2n) is 7.08. The third-order valence-electron chi connectivity index (χ3n) is 4.95. The van der Waals surface area contributed by atoms with Gasteiger partial charge in [-0.25, -0.2) is 4.39 Å². The average molecular weight is 418 g/mol. The lowest BCUT2D eigenvalue weighted by Crippen LogP contribution is -2.41. The molecular formula is C21H23FN2O4S. The Bertz CT molecular complexity index is 892. The molecule has 6 nitrogen and oxygen atoms in total. The normalized spacial score (nSPS) is 15.6. The van der Waals surface area contributed by atoms with E-state index in [4.69, 9.17) is 4.74 Å². The molecule has 2 aromatic rings. The number of halogens is 1. The second kappa shape index (κ2) is 9.17. The van der Waals surface area contributed by atoms with Crippen molar-refractivity contribution in [2.75, 3.05) is 18.4 Å². The SMILES string of the molecule is Cc1ccc(NC(=O)[C@@H](C)OC(=O)C2CCN(C(=O)c3cccs3)CC2)cc1F. The number of thiophene rings is 1. The van der Waals surface area contributed by atoms with E-state index in [1.165, 1.54) is 24.3 Å². The molecule has 2 amide bonds. The van der Waals surface area contributed by atoms with Crippen LogP contribution in [0.25, 0.3) is 0 Å². The zero-order valence-electron chi connectivity index (χ0n) is 16.3. The van der Waals surface area contributed by atoms with E-state index in [1.54, 1.807) is 30.0 Å². The largest absolute Gasteiger partial charge is 0.452 e. The molecule has 0 radical (unpaired) electrons. The fraction of sp³-hybridized carbons (Fsp3) is 0.381. The summed E-state index contributed by atoms with van der Waals surface area (Å²) >= 11 is 1.39. The van der Waals surface area contributed by atoms with Crippen LogP contribution in [-0.4, -0.2) is 41.9 Å². The van der Waals surface area contributed by atoms with Crippen LogP contribution in [0.2, 0.25) is 0 Å². The average Bonchev–Trinajstić information content (AvgIpc) is 3.25. The Morgan fingerprint density at radius 3 is 2.59 bits per heavy atom. The first-order valence-corrected chi connectivity index (χ1v) is 10.3. The maximum atomic E-state index is 13.6. The van der Waals surface area contributed by atoms with Crippen molar-refractivity contribution in [1.82, 2.24) is 4.90 Å². The Balaban J connectivity index is 1.48. The number of ether oxygens (including phenoxy) is 1. The van der Waals surface area contributed by atoms with Crippen LogP contribution in [0.4, 0.5) is 10.1 Å². The van der Waals surface area contributed by atoms with Gasteiger partial charge in [-0.15, -0.1) is 11.3 Å². The number of hydrogen-bond acceptors (Lipinski definition) is 5. The Morgan fingerprint density at radius 1 is 1.24 bits per heavy atom. The minimum Gasteiger partial charge on any atom is -0.452 e. The van der Waals surface area contributed by atoms with Gasteiger partial charge in [0.15, 0.2) is 6.10 Å². The highest BCUT2D eigenvalue weighted by molar-refractivity contribution is 7.12. The smallest absolute Gasteiger partial charge is 0.309 e. The number of aryl methyl sites for hydroxylation is 1. The molecule has 1 aromatic heterocycles. The summed E-state index contributed by atoms with van der Waals surface area (Å²) in [5.74, 6) is -1.77. The number of hydrogen-bond donors (Lipinski definition) is 1. The van der Waals surface area contributed by atoms with Gasteiger partial charge >= 0.3 is 5.97 Å². The van der Waals surface area contributed by atoms with Crippen LogP contribution in [0.5, 0.6) is 0 Å². The number of benzene rings is 1. The first kappa shape index (κ1) is 21.0. The van der Waals surface area contributed by atoms with Gasteiger partial charge in [-0.05, 0) is 55.8 Å². The van der Waals surface area contributed by atoms with E-state index >= 15 is 0 Å². The highest BCUT2D eigenvalue weighted by Crippen LogP contribution is 2.22. The fourth-order valence-electron chi connectivity index (χ4n) is 3.11. The maximum Gasteiger partial charge on any atom is 0.309 e. The molecule has 8 heteroatoms. The number of nitrogens with zero attached hydrogens (tertiary/aromatic N) is 1. The quantitative estimate of drug-likeness (QED) is 0.753. The maximum absolute atomic E-state index is 13.6. The lowest BCUT2D eigenvalue weighted by Gasteiger charge is -2.31. The zero-order chi connectivity index (χ0) is 21.0. The van der Waals surface area contributed by atoms with E-state index in [-0.39, 0.29) is 11.8 Å². The predicted molar refractivity (Wildman–Crippen MR) is 108 cm³/mol. The van der Waals surface area contributed by atoms with Crippen molar-refractivity contribution < 1.29 is 23.5 Å². The highest BCUT2D eigenvalue weighted by Gasteiger charge is 2.31. The van der Waals surface area contributed by atoms with Crippen LogP contribution in [-0.2, 0) is 14.3 Å². The lowest BCUT2D eigenvalue weighted by molar-refractivity contribution is -0.158. The number of likely N-dealkylation sites (tertiary alicyclic amines) is 1. The van der Waals surface area contributed by atoms with Gasteiger partial charge in [0, 0.05) is 18.8 Å². The van der Waals surface area contributed by atoms with Crippen molar-refractivity contribution in [3.05, 3.63) is 52.0 Å². The summed E-state index contributed by atoms with van der Waals surface area (Å²) in [6.07, 6.45) is -0.0152. The van der Waals surface area contributed by atoms with E-state index in [0.29, 0.717) is 42.1 Å². The minimum absolute atomic E-state index is 0.0232. The summed E-state index contributed by atoms with van der Waals surface area (Å²) in [6, 6.07) is 7.99. The van der Waals surface area contributed by atoms with Crippen LogP contribution in [0.3, 0.4) is 0 Å². The third kappa shape index (κ3) is 5.20. The first-order valence-electron chi connectivity index (χ1n) is 9.45. The van der Waals surface area contributed by atoms with Gasteiger partial charge in [-0.1, -0.05) is 12.1 Å². The van der Waals surface area contributed by atoms with Gasteiger partial charge in [-0.3, -0.25) is 14.4 Å². The molecule has 154 valence electrons. The molecule has 1 aliphatic rings. The van der Waals surface area contributed by atoms with E-state index in [1.807, 2.05) is 11.4 Å². The second-order valence-corrected chi connectivity index (χ2v) is 8.02. The van der Waals surface area contributed by atoms with Gasteiger partial charge in [0.25, 0.3) is 11.8 Å². The highest BCUT2D eigenvalue weighted by atomic mass is 32.1. The fourth-order valence-corrected chi connectivity index (χ4v) is 3.80. The van der Waals surface area contributed by atoms with Crippen LogP contribution in [0.15, 0.2) is 35.7 Å². The van der Waals surface area contributed by atoms with E-state index in [9.17, 15) is 18.8 Å². The molecule has 1 aromatic carbocycles. The summed E-state index contributed by atoms with van der Waals surface area (Å²) in [5.41, 5.74) is 0.785. The number of anilines is 1. The number of esters is 1. The van der Waals surface area contributed by atoms with Crippen LogP contribution < -0.4 is 5.32 Å². The number of carbonyl (C=O) groups is 3. The van der Waals surface area contributed by atoms with Gasteiger partial charge in [0.05, 0.1) is 10.8 Å². The molecule has 1 aliphatic heterocycles. The lowest BCUT2D eigenvalue weighted by atomic mass is 9.97. The molecule has 1 N–H and O–H groups in total. The van der Waals surface area contributed by atoms with Crippen molar-refractivity contribution in [2.24, 2.45) is 5.92 Å². The topological polar surface area (TPSA) is 75.7 Å². The van der Waals surface area contributed by atoms with Crippen molar-refractivity contribution in [3.63, 3.8) is 0 Å². The molecule has 29 heavy (non-hydrogen) atoms. The number of amides is 2. The van der Waals surface area contributed by atoms with Crippen LogP contribution >= 0.6 is 11.3 Å². The molecule has 1 atom stereocenters. The third-order valence-corrected chi connectivity index (χ3v) is 5.81. The molecule has 0 bridgehead atoms. The number of rotatable bonds is 5. The molecule has 1 saturated heterocycles. The summed E-state index contributed by atoms with van der Waals surface area (Å²) in [6.45, 7) is 4.05. The molecule has 2 heterocycles. The molecule has 0 unspecified atom stereocenters. The van der Waals surface area contributed by atoms with Crippen LogP contribution in [0, 0.1) is 18.7 Å². The monoisotopic (exact) mass is 418 g/mol. The Hall–Kier alpha value is -2.74. The molecule has 0 saturated carbocycles. The van der Waals surface area contributed by atoms with Crippen molar-refractivity contribution in [1.29, 1.82) is 0 Å². The van der Waals surface area contributed by atoms with Crippen molar-refractivity contribution >= 4 is 34.8 Å². The predicted octanol–water partition coefficient (Wildman–Crippen LogP) is 3.62. The Morgan fingerprint density at radius 2 is 1.97 bits per heavy atom. The van der Waals surface area contributed by atoms with Crippen molar-refractivity contribution in [3.8, 4) is 0 Å². The van der Waals surface area contributed by atoms with E-state index < -0.39 is 23.8 Å². The van der Waals surface area contributed by atoms with E-state index in [0.717, 1.165) is 0 Å². The summed E-state index contributed by atoms with van der Waals surface area (Å²) in [7, 11) is 0. The molecule has 1 fully saturated rings. The van der Waals surface area contributed by atoms with Gasteiger partial charge in [0.1, 0.15) is 5.82 Å². The molecular weight excluding hydrogens is 395 g/mol. The van der Waals surface area contributed by atoms with Crippen LogP contribution in [0.1, 0.15) is 35.0 Å². The van der Waals surface area contributed by atoms with E-state index in [2.05, 4.69) is 5.32 Å². The summed E-state index contributed by atoms with van der Waals surface area (Å²) in [4.78, 5) is 39.4. The summed E-state index contributed by atoms with van der Waals surface area (Å²) in [5, 5.41) is 4.40. The Labute approximate surface area is 172 Å². The minimum atomic E-state index is -1.00. The molecule has 0 aliphatic carbocycles. The zero-order valence-corrected chi connectivity index (χ0v) is 17.1. The van der Waals surface area contributed by atoms with Gasteiger partial charge in [-0.2, -0.15) is 0 Å². The molecule has 0 spiro atoms. The van der Waals surface area contributed by atoms with Crippen molar-refractivity contribution in [2.45, 2.75) is 32.8 Å². The standard InChI is InChI=1S/C21H23FN2O4S/c1-13-5-6-16(12-17(13)22)23-19(25)14(2)28-21(27)15-7-9-24(10-8-15)20(26)18-4-3-11-29-18/h3-6,11-12,14-15H,7-10H2,1-2H3,(H,23,25)/t14-/m1/s1. The van der Waals surface area contributed by atoms with Gasteiger partial charge < -0.3 is 15.0 Å². The summed E-state index contributed by atoms with van der Waals surface area (Å²) < 4.78 is 18.9.